The van der Waals surface area contributed by atoms with Gasteiger partial charge in [0.1, 0.15) is 24.4 Å². The molecule has 18 atom stereocenters. The number of aliphatic carboxylic acids is 1. The molecule has 2 heterocycles. The lowest BCUT2D eigenvalue weighted by Crippen LogP contribution is -2.67. The Morgan fingerprint density at radius 3 is 2.09 bits per heavy atom. The lowest BCUT2D eigenvalue weighted by atomic mass is 9.33. The normalized spacial score (nSPS) is 51.8. The van der Waals surface area contributed by atoms with Gasteiger partial charge in [0.15, 0.2) is 18.4 Å². The summed E-state index contributed by atoms with van der Waals surface area (Å²) in [4.78, 5) is 49.8. The summed E-state index contributed by atoms with van der Waals surface area (Å²) < 4.78 is 34.0. The van der Waals surface area contributed by atoms with Crippen molar-refractivity contribution in [3.63, 3.8) is 0 Å². The Balaban J connectivity index is 1.16. The van der Waals surface area contributed by atoms with Crippen LogP contribution >= 0.6 is 0 Å². The third-order valence-corrected chi connectivity index (χ3v) is 16.9. The molecule has 5 N–H and O–H groups in total. The minimum absolute atomic E-state index is 0.00298. The van der Waals surface area contributed by atoms with Crippen molar-refractivity contribution in [2.75, 3.05) is 0 Å². The number of carboxylic acids is 1. The third-order valence-electron chi connectivity index (χ3n) is 16.9. The van der Waals surface area contributed by atoms with Gasteiger partial charge in [0.2, 0.25) is 12.6 Å². The summed E-state index contributed by atoms with van der Waals surface area (Å²) in [6, 6.07) is 0. The van der Waals surface area contributed by atoms with Gasteiger partial charge in [-0.1, -0.05) is 47.1 Å². The summed E-state index contributed by atoms with van der Waals surface area (Å²) in [7, 11) is 0. The van der Waals surface area contributed by atoms with Crippen LogP contribution in [-0.2, 0) is 47.6 Å². The number of allylic oxidation sites excluding steroid dienone is 2. The highest BCUT2D eigenvalue weighted by atomic mass is 16.8. The second kappa shape index (κ2) is 14.6. The number of carboxylic acid groups (broad SMARTS) is 1. The van der Waals surface area contributed by atoms with Crippen molar-refractivity contribution < 1.29 is 73.1 Å². The number of hydrogen-bond acceptors (Lipinski definition) is 14. The Morgan fingerprint density at radius 1 is 0.789 bits per heavy atom. The van der Waals surface area contributed by atoms with Crippen LogP contribution in [0.5, 0.6) is 0 Å². The average molecular weight is 807 g/mol. The molecule has 0 amide bonds. The van der Waals surface area contributed by atoms with Crippen molar-refractivity contribution in [1.29, 1.82) is 0 Å². The van der Waals surface area contributed by atoms with Gasteiger partial charge >= 0.3 is 5.97 Å². The standard InChI is InChI=1S/C42H62O15/c1-37(2)25-8-11-42(7)32(24(46)16-21-22-18-39(4,36(50)51)13-12-38(22,3)14-15-41(21,42)6)40(25,5)10-9-26(37)54-35-31(29(48)30(49)34(57-35)53-20-44)55-27-17-23(45)28(47)33(56-27)52-19-43/h16,19-20,22-23,25-35,45,47-49H,8-15,17-18H2,1-7H3,(H,50,51)/t22-,23+,25-,26-,27+,28-,29-,30-,31?,32+,33?,34?,35+,38+,39-,40-,41+,42+/m0/s1. The third kappa shape index (κ3) is 6.52. The minimum Gasteiger partial charge on any atom is -0.481 e. The van der Waals surface area contributed by atoms with Crippen molar-refractivity contribution in [2.24, 2.45) is 50.2 Å². The van der Waals surface area contributed by atoms with E-state index < -0.39 is 84.0 Å². The van der Waals surface area contributed by atoms with E-state index in [4.69, 9.17) is 28.4 Å². The molecule has 0 aromatic carbocycles. The van der Waals surface area contributed by atoms with Crippen LogP contribution in [0.1, 0.15) is 113 Å². The Bertz CT molecular complexity index is 1630. The molecule has 320 valence electrons. The van der Waals surface area contributed by atoms with Gasteiger partial charge in [-0.2, -0.15) is 0 Å². The number of ether oxygens (including phenoxy) is 6. The molecule has 5 aliphatic carbocycles. The molecule has 0 aromatic heterocycles. The topological polar surface area (TPSA) is 225 Å². The molecule has 15 heteroatoms. The zero-order chi connectivity index (χ0) is 41.7. The maximum absolute atomic E-state index is 14.9. The van der Waals surface area contributed by atoms with Crippen LogP contribution in [0.15, 0.2) is 11.6 Å². The lowest BCUT2D eigenvalue weighted by Gasteiger charge is -2.70. The zero-order valence-corrected chi connectivity index (χ0v) is 34.1. The molecule has 0 radical (unpaired) electrons. The average Bonchev–Trinajstić information content (AvgIpc) is 3.13. The molecule has 6 fully saturated rings. The fourth-order valence-electron chi connectivity index (χ4n) is 13.2. The first-order valence-corrected chi connectivity index (χ1v) is 20.6. The van der Waals surface area contributed by atoms with Crippen LogP contribution in [0.4, 0.5) is 0 Å². The number of aliphatic hydroxyl groups is 4. The van der Waals surface area contributed by atoms with E-state index in [9.17, 15) is 44.7 Å². The van der Waals surface area contributed by atoms with Crippen LogP contribution in [0.2, 0.25) is 0 Å². The highest BCUT2D eigenvalue weighted by molar-refractivity contribution is 5.95. The number of hydrogen-bond donors (Lipinski definition) is 5. The minimum atomic E-state index is -1.75. The maximum atomic E-state index is 14.9. The molecule has 0 spiro atoms. The number of ketones is 1. The molecule has 7 aliphatic rings. The first-order valence-electron chi connectivity index (χ1n) is 20.6. The predicted octanol–water partition coefficient (Wildman–Crippen LogP) is 3.37. The molecule has 3 unspecified atom stereocenters. The molecule has 2 saturated heterocycles. The van der Waals surface area contributed by atoms with Gasteiger partial charge in [0, 0.05) is 12.3 Å². The van der Waals surface area contributed by atoms with Crippen molar-refractivity contribution in [3.8, 4) is 0 Å². The molecule has 0 aromatic rings. The Hall–Kier alpha value is -2.50. The predicted molar refractivity (Wildman–Crippen MR) is 197 cm³/mol. The monoisotopic (exact) mass is 806 g/mol. The van der Waals surface area contributed by atoms with Gasteiger partial charge in [-0.15, -0.1) is 0 Å². The summed E-state index contributed by atoms with van der Waals surface area (Å²) in [5.41, 5.74) is -1.40. The van der Waals surface area contributed by atoms with Crippen LogP contribution in [0, 0.1) is 50.2 Å². The molecular weight excluding hydrogens is 744 g/mol. The molecular formula is C42H62O15. The summed E-state index contributed by atoms with van der Waals surface area (Å²) in [5.74, 6) is -0.923. The number of fused-ring (bicyclic) bond motifs is 7. The summed E-state index contributed by atoms with van der Waals surface area (Å²) in [5, 5.41) is 53.1. The van der Waals surface area contributed by atoms with Gasteiger partial charge in [-0.05, 0) is 110 Å². The number of aliphatic hydroxyl groups excluding tert-OH is 4. The molecule has 7 rings (SSSR count). The first-order chi connectivity index (χ1) is 26.6. The fourth-order valence-corrected chi connectivity index (χ4v) is 13.2. The van der Waals surface area contributed by atoms with Crippen LogP contribution in [0.25, 0.3) is 0 Å². The van der Waals surface area contributed by atoms with Gasteiger partial charge in [-0.3, -0.25) is 19.2 Å². The molecule has 15 nitrogen and oxygen atoms in total. The van der Waals surface area contributed by atoms with E-state index in [2.05, 4.69) is 41.5 Å². The van der Waals surface area contributed by atoms with E-state index in [1.807, 2.05) is 13.0 Å². The van der Waals surface area contributed by atoms with Crippen molar-refractivity contribution in [1.82, 2.24) is 0 Å². The fraction of sp³-hybridized carbons (Fsp3) is 0.857. The van der Waals surface area contributed by atoms with Crippen molar-refractivity contribution in [3.05, 3.63) is 11.6 Å². The van der Waals surface area contributed by atoms with Crippen LogP contribution in [-0.4, -0.2) is 112 Å². The van der Waals surface area contributed by atoms with Gasteiger partial charge in [0.05, 0.1) is 17.6 Å². The van der Waals surface area contributed by atoms with Gasteiger partial charge in [-0.25, -0.2) is 0 Å². The van der Waals surface area contributed by atoms with Crippen LogP contribution in [0.3, 0.4) is 0 Å². The number of carbonyl (C=O) groups is 4. The van der Waals surface area contributed by atoms with E-state index in [-0.39, 0.29) is 59.1 Å². The van der Waals surface area contributed by atoms with E-state index in [1.54, 1.807) is 0 Å². The van der Waals surface area contributed by atoms with E-state index in [0.29, 0.717) is 25.7 Å². The van der Waals surface area contributed by atoms with Crippen LogP contribution < -0.4 is 0 Å². The molecule has 57 heavy (non-hydrogen) atoms. The highest BCUT2D eigenvalue weighted by Crippen LogP contribution is 2.75. The van der Waals surface area contributed by atoms with E-state index >= 15 is 0 Å². The Morgan fingerprint density at radius 2 is 1.44 bits per heavy atom. The first kappa shape index (κ1) is 42.6. The maximum Gasteiger partial charge on any atom is 0.309 e. The second-order valence-corrected chi connectivity index (χ2v) is 20.2. The highest BCUT2D eigenvalue weighted by Gasteiger charge is 2.70. The largest absolute Gasteiger partial charge is 0.481 e. The summed E-state index contributed by atoms with van der Waals surface area (Å²) in [6.45, 7) is 15.4. The summed E-state index contributed by atoms with van der Waals surface area (Å²) in [6.07, 6.45) is -6.07. The molecule has 0 bridgehead atoms. The van der Waals surface area contributed by atoms with Crippen molar-refractivity contribution >= 4 is 24.7 Å². The van der Waals surface area contributed by atoms with E-state index in [1.165, 1.54) is 0 Å². The molecule has 4 saturated carbocycles. The Labute approximate surface area is 333 Å². The quantitative estimate of drug-likeness (QED) is 0.166. The van der Waals surface area contributed by atoms with Gasteiger partial charge in [0.25, 0.3) is 12.9 Å². The number of carbonyl (C=O) groups excluding carboxylic acids is 3. The van der Waals surface area contributed by atoms with Gasteiger partial charge < -0.3 is 54.0 Å². The zero-order valence-electron chi connectivity index (χ0n) is 34.1. The molecule has 2 aliphatic heterocycles. The van der Waals surface area contributed by atoms with E-state index in [0.717, 1.165) is 37.7 Å². The number of rotatable bonds is 9. The summed E-state index contributed by atoms with van der Waals surface area (Å²) >= 11 is 0. The lowest BCUT2D eigenvalue weighted by molar-refractivity contribution is -0.392. The van der Waals surface area contributed by atoms with Crippen molar-refractivity contribution in [2.45, 2.75) is 174 Å². The smallest absolute Gasteiger partial charge is 0.309 e. The second-order valence-electron chi connectivity index (χ2n) is 20.2. The SMILES string of the molecule is CC1(C)[C@@H](O[C@@H]2OC(OC=O)[C@@H](O)[C@H](O)C2O[C@H]2C[C@@H](O)[C@H](O)C(OC=O)O2)CC[C@]2(C)[C@H]3C(=O)C=C4[C@@H]5C[C@@](C)(C(=O)O)CC[C@]5(C)CC[C@@]4(C)[C@]3(C)CC[C@@H]12. The Kier molecular flexibility index (Phi) is 10.9.